The Hall–Kier alpha value is -2.15. The van der Waals surface area contributed by atoms with Crippen molar-refractivity contribution in [2.75, 3.05) is 26.2 Å². The normalized spacial score (nSPS) is 15.0. The zero-order chi connectivity index (χ0) is 15.2. The van der Waals surface area contributed by atoms with Crippen LogP contribution in [0.15, 0.2) is 18.2 Å². The molecule has 1 aliphatic rings. The molecule has 7 nitrogen and oxygen atoms in total. The largest absolute Gasteiger partial charge is 0.486 e. The Kier molecular flexibility index (Phi) is 5.10. The van der Waals surface area contributed by atoms with Crippen LogP contribution in [-0.4, -0.2) is 47.1 Å². The molecule has 0 aliphatic carbocycles. The van der Waals surface area contributed by atoms with Crippen LogP contribution in [0, 0.1) is 10.1 Å². The third-order valence-electron chi connectivity index (χ3n) is 3.49. The highest BCUT2D eigenvalue weighted by Gasteiger charge is 2.23. The second-order valence-corrected chi connectivity index (χ2v) is 4.97. The van der Waals surface area contributed by atoms with Gasteiger partial charge in [0.25, 0.3) is 0 Å². The summed E-state index contributed by atoms with van der Waals surface area (Å²) in [6.45, 7) is 3.28. The predicted molar refractivity (Wildman–Crippen MR) is 75.8 cm³/mol. The van der Waals surface area contributed by atoms with Gasteiger partial charge >= 0.3 is 11.7 Å². The van der Waals surface area contributed by atoms with Crippen molar-refractivity contribution >= 4 is 11.7 Å². The maximum Gasteiger partial charge on any atom is 0.339 e. The summed E-state index contributed by atoms with van der Waals surface area (Å²) in [6, 6.07) is 3.91. The van der Waals surface area contributed by atoms with Gasteiger partial charge in [-0.05, 0) is 38.4 Å². The van der Waals surface area contributed by atoms with Gasteiger partial charge in [0.15, 0.2) is 0 Å². The fourth-order valence-electron chi connectivity index (χ4n) is 2.46. The minimum absolute atomic E-state index is 0.156. The van der Waals surface area contributed by atoms with E-state index in [0.29, 0.717) is 6.42 Å². The Morgan fingerprint density at radius 2 is 2.10 bits per heavy atom. The van der Waals surface area contributed by atoms with Gasteiger partial charge in [0.05, 0.1) is 11.5 Å². The summed E-state index contributed by atoms with van der Waals surface area (Å²) in [7, 11) is 0. The summed E-state index contributed by atoms with van der Waals surface area (Å²) in [5.74, 6) is -1.38. The lowest BCUT2D eigenvalue weighted by atomic mass is 10.1. The number of likely N-dealkylation sites (tertiary alicyclic amines) is 1. The van der Waals surface area contributed by atoms with Crippen LogP contribution in [-0.2, 0) is 0 Å². The maximum atomic E-state index is 11.1. The molecule has 1 aromatic carbocycles. The molecular weight excluding hydrogens is 276 g/mol. The third kappa shape index (κ3) is 3.91. The smallest absolute Gasteiger partial charge is 0.339 e. The van der Waals surface area contributed by atoms with Crippen LogP contribution in [0.25, 0.3) is 0 Å². The quantitative estimate of drug-likeness (QED) is 0.470. The van der Waals surface area contributed by atoms with Crippen molar-refractivity contribution in [1.29, 1.82) is 0 Å². The van der Waals surface area contributed by atoms with E-state index in [1.165, 1.54) is 31.0 Å². The fourth-order valence-corrected chi connectivity index (χ4v) is 2.46. The van der Waals surface area contributed by atoms with Crippen molar-refractivity contribution in [2.24, 2.45) is 0 Å². The summed E-state index contributed by atoms with van der Waals surface area (Å²) in [6.07, 6.45) is 3.12. The number of aromatic carboxylic acids is 1. The van der Waals surface area contributed by atoms with Crippen LogP contribution in [0.2, 0.25) is 0 Å². The van der Waals surface area contributed by atoms with Crippen LogP contribution in [0.3, 0.4) is 0 Å². The standard InChI is InChI=1S/C14H18N2O5/c17-14(18)11-5-3-6-12(16(19)20)13(11)21-10-4-9-15-7-1-2-8-15/h3,5-6H,1-2,4,7-10H2,(H,17,18). The number of benzene rings is 1. The minimum Gasteiger partial charge on any atom is -0.486 e. The van der Waals surface area contributed by atoms with Crippen molar-refractivity contribution in [1.82, 2.24) is 4.90 Å². The van der Waals surface area contributed by atoms with E-state index in [2.05, 4.69) is 4.90 Å². The molecule has 0 atom stereocenters. The van der Waals surface area contributed by atoms with E-state index >= 15 is 0 Å². The van der Waals surface area contributed by atoms with Crippen LogP contribution in [0.1, 0.15) is 29.6 Å². The molecular formula is C14H18N2O5. The van der Waals surface area contributed by atoms with Crippen LogP contribution < -0.4 is 4.74 Å². The van der Waals surface area contributed by atoms with Crippen molar-refractivity contribution < 1.29 is 19.6 Å². The SMILES string of the molecule is O=C(O)c1cccc([N+](=O)[O-])c1OCCCN1CCCC1. The average molecular weight is 294 g/mol. The number of hydrogen-bond acceptors (Lipinski definition) is 5. The van der Waals surface area contributed by atoms with E-state index in [9.17, 15) is 14.9 Å². The predicted octanol–water partition coefficient (Wildman–Crippen LogP) is 2.16. The van der Waals surface area contributed by atoms with Crippen molar-refractivity contribution in [2.45, 2.75) is 19.3 Å². The Morgan fingerprint density at radius 1 is 1.38 bits per heavy atom. The lowest BCUT2D eigenvalue weighted by molar-refractivity contribution is -0.385. The number of nitro benzene ring substituents is 1. The summed E-state index contributed by atoms with van der Waals surface area (Å²) in [4.78, 5) is 23.8. The first-order valence-electron chi connectivity index (χ1n) is 6.95. The van der Waals surface area contributed by atoms with Gasteiger partial charge in [0, 0.05) is 12.6 Å². The molecule has 1 aliphatic heterocycles. The molecule has 1 fully saturated rings. The number of carbonyl (C=O) groups is 1. The molecule has 0 bridgehead atoms. The summed E-state index contributed by atoms with van der Waals surface area (Å²) >= 11 is 0. The van der Waals surface area contributed by atoms with Gasteiger partial charge < -0.3 is 14.7 Å². The summed E-state index contributed by atoms with van der Waals surface area (Å²) in [5, 5.41) is 20.1. The van der Waals surface area contributed by atoms with Gasteiger partial charge in [-0.15, -0.1) is 0 Å². The van der Waals surface area contributed by atoms with Gasteiger partial charge in [-0.2, -0.15) is 0 Å². The number of rotatable bonds is 7. The third-order valence-corrected chi connectivity index (χ3v) is 3.49. The molecule has 0 saturated carbocycles. The molecule has 114 valence electrons. The van der Waals surface area contributed by atoms with Crippen molar-refractivity contribution in [3.8, 4) is 5.75 Å². The number of carboxylic acid groups (broad SMARTS) is 1. The van der Waals surface area contributed by atoms with E-state index < -0.39 is 10.9 Å². The highest BCUT2D eigenvalue weighted by atomic mass is 16.6. The fraction of sp³-hybridized carbons (Fsp3) is 0.500. The first-order valence-corrected chi connectivity index (χ1v) is 6.95. The number of ether oxygens (including phenoxy) is 1. The molecule has 1 heterocycles. The maximum absolute atomic E-state index is 11.1. The Bertz CT molecular complexity index is 494. The lowest BCUT2D eigenvalue weighted by Crippen LogP contribution is -2.22. The van der Waals surface area contributed by atoms with Crippen molar-refractivity contribution in [3.05, 3.63) is 33.9 Å². The second kappa shape index (κ2) is 7.03. The molecule has 0 radical (unpaired) electrons. The average Bonchev–Trinajstić information content (AvgIpc) is 2.96. The Balaban J connectivity index is 1.99. The van der Waals surface area contributed by atoms with Crippen LogP contribution >= 0.6 is 0 Å². The first-order chi connectivity index (χ1) is 10.1. The van der Waals surface area contributed by atoms with E-state index in [1.54, 1.807) is 0 Å². The molecule has 1 N–H and O–H groups in total. The topological polar surface area (TPSA) is 92.9 Å². The van der Waals surface area contributed by atoms with E-state index in [4.69, 9.17) is 9.84 Å². The van der Waals surface area contributed by atoms with Gasteiger partial charge in [0.2, 0.25) is 5.75 Å². The lowest BCUT2D eigenvalue weighted by Gasteiger charge is -2.15. The minimum atomic E-state index is -1.23. The van der Waals surface area contributed by atoms with Gasteiger partial charge in [0.1, 0.15) is 5.56 Å². The molecule has 0 amide bonds. The number of carboxylic acids is 1. The molecule has 7 heteroatoms. The molecule has 21 heavy (non-hydrogen) atoms. The van der Waals surface area contributed by atoms with Crippen LogP contribution in [0.4, 0.5) is 5.69 Å². The number of nitrogens with zero attached hydrogens (tertiary/aromatic N) is 2. The monoisotopic (exact) mass is 294 g/mol. The molecule has 0 unspecified atom stereocenters. The zero-order valence-corrected chi connectivity index (χ0v) is 11.7. The Morgan fingerprint density at radius 3 is 2.71 bits per heavy atom. The highest BCUT2D eigenvalue weighted by molar-refractivity contribution is 5.92. The molecule has 2 rings (SSSR count). The van der Waals surface area contributed by atoms with Gasteiger partial charge in [-0.1, -0.05) is 6.07 Å². The van der Waals surface area contributed by atoms with Gasteiger partial charge in [-0.25, -0.2) is 4.79 Å². The number of nitro groups is 1. The van der Waals surface area contributed by atoms with Crippen molar-refractivity contribution in [3.63, 3.8) is 0 Å². The van der Waals surface area contributed by atoms with Gasteiger partial charge in [-0.3, -0.25) is 10.1 Å². The summed E-state index contributed by atoms with van der Waals surface area (Å²) in [5.41, 5.74) is -0.485. The van der Waals surface area contributed by atoms with E-state index in [1.807, 2.05) is 0 Å². The van der Waals surface area contributed by atoms with Crippen LogP contribution in [0.5, 0.6) is 5.75 Å². The molecule has 1 saturated heterocycles. The summed E-state index contributed by atoms with van der Waals surface area (Å²) < 4.78 is 5.40. The number of para-hydroxylation sites is 1. The zero-order valence-electron chi connectivity index (χ0n) is 11.7. The van der Waals surface area contributed by atoms with E-state index in [0.717, 1.165) is 19.6 Å². The molecule has 0 spiro atoms. The van der Waals surface area contributed by atoms with E-state index in [-0.39, 0.29) is 23.6 Å². The molecule has 0 aromatic heterocycles. The highest BCUT2D eigenvalue weighted by Crippen LogP contribution is 2.31. The molecule has 1 aromatic rings. The Labute approximate surface area is 122 Å². The first kappa shape index (κ1) is 15.2. The number of hydrogen-bond donors (Lipinski definition) is 1. The second-order valence-electron chi connectivity index (χ2n) is 4.97.